The summed E-state index contributed by atoms with van der Waals surface area (Å²) in [4.78, 5) is 12.2. The van der Waals surface area contributed by atoms with E-state index in [-0.39, 0.29) is 5.97 Å². The molecule has 0 radical (unpaired) electrons. The van der Waals surface area contributed by atoms with Crippen LogP contribution in [0.15, 0.2) is 11.6 Å². The molecule has 1 heterocycles. The van der Waals surface area contributed by atoms with Gasteiger partial charge in [0.05, 0.1) is 4.58 Å². The topological polar surface area (TPSA) is 26.3 Å². The van der Waals surface area contributed by atoms with E-state index in [4.69, 9.17) is 4.74 Å². The summed E-state index contributed by atoms with van der Waals surface area (Å²) in [6.45, 7) is 5.79. The number of esters is 1. The second kappa shape index (κ2) is 5.91. The summed E-state index contributed by atoms with van der Waals surface area (Å²) in [6.07, 6.45) is 5.52. The molecule has 0 saturated carbocycles. The van der Waals surface area contributed by atoms with Crippen molar-refractivity contribution in [3.8, 4) is 0 Å². The molecule has 0 amide bonds. The van der Waals surface area contributed by atoms with E-state index >= 15 is 0 Å². The van der Waals surface area contributed by atoms with Crippen molar-refractivity contribution in [3.05, 3.63) is 11.6 Å². The molecule has 1 unspecified atom stereocenters. The zero-order chi connectivity index (χ0) is 13.2. The number of hydrogen-bond acceptors (Lipinski definition) is 4. The molecule has 2 rings (SSSR count). The molecule has 1 atom stereocenters. The molecular formula is C14H22O2S2. The van der Waals surface area contributed by atoms with E-state index in [1.54, 1.807) is 0 Å². The number of rotatable bonds is 2. The van der Waals surface area contributed by atoms with Crippen molar-refractivity contribution in [2.45, 2.75) is 50.2 Å². The van der Waals surface area contributed by atoms with Crippen LogP contribution in [0.2, 0.25) is 0 Å². The van der Waals surface area contributed by atoms with Gasteiger partial charge in [-0.2, -0.15) is 0 Å². The van der Waals surface area contributed by atoms with Gasteiger partial charge in [0, 0.05) is 11.5 Å². The number of thioether (sulfide) groups is 2. The number of allylic oxidation sites excluding steroid dienone is 1. The maximum absolute atomic E-state index is 12.2. The second-order valence-electron chi connectivity index (χ2n) is 5.81. The van der Waals surface area contributed by atoms with Gasteiger partial charge in [-0.1, -0.05) is 6.08 Å². The Bertz CT molecular complexity index is 338. The van der Waals surface area contributed by atoms with Crippen molar-refractivity contribution < 1.29 is 9.53 Å². The first-order valence-electron chi connectivity index (χ1n) is 6.64. The van der Waals surface area contributed by atoms with Crippen LogP contribution in [-0.2, 0) is 9.53 Å². The van der Waals surface area contributed by atoms with Gasteiger partial charge in [-0.25, -0.2) is 4.79 Å². The molecule has 0 aromatic rings. The standard InChI is InChI=1S/C14H22O2S2/c1-14(2,3)16-12(15)10-6-4-7-11(10)13-17-8-5-9-18-13/h6,11,13H,4-5,7-9H2,1-3H3. The number of hydrogen-bond donors (Lipinski definition) is 0. The van der Waals surface area contributed by atoms with E-state index in [0.29, 0.717) is 10.5 Å². The third-order valence-corrected chi connectivity index (χ3v) is 6.24. The highest BCUT2D eigenvalue weighted by Gasteiger charge is 2.35. The predicted octanol–water partition coefficient (Wildman–Crippen LogP) is 3.86. The summed E-state index contributed by atoms with van der Waals surface area (Å²) in [5.74, 6) is 2.76. The lowest BCUT2D eigenvalue weighted by Crippen LogP contribution is -2.29. The van der Waals surface area contributed by atoms with Crippen LogP contribution in [0.25, 0.3) is 0 Å². The fourth-order valence-electron chi connectivity index (χ4n) is 2.32. The van der Waals surface area contributed by atoms with E-state index < -0.39 is 5.60 Å². The molecule has 1 saturated heterocycles. The van der Waals surface area contributed by atoms with E-state index in [1.807, 2.05) is 44.3 Å². The van der Waals surface area contributed by atoms with Crippen LogP contribution in [0, 0.1) is 5.92 Å². The van der Waals surface area contributed by atoms with Crippen molar-refractivity contribution in [3.63, 3.8) is 0 Å². The van der Waals surface area contributed by atoms with Crippen LogP contribution in [-0.4, -0.2) is 27.7 Å². The van der Waals surface area contributed by atoms with Crippen LogP contribution in [0.5, 0.6) is 0 Å². The Morgan fingerprint density at radius 1 is 1.33 bits per heavy atom. The minimum absolute atomic E-state index is 0.100. The largest absolute Gasteiger partial charge is 0.457 e. The minimum atomic E-state index is -0.391. The van der Waals surface area contributed by atoms with Crippen LogP contribution < -0.4 is 0 Å². The molecular weight excluding hydrogens is 264 g/mol. The fraction of sp³-hybridized carbons (Fsp3) is 0.786. The van der Waals surface area contributed by atoms with Gasteiger partial charge in [-0.15, -0.1) is 23.5 Å². The Balaban J connectivity index is 2.00. The lowest BCUT2D eigenvalue weighted by molar-refractivity contribution is -0.150. The predicted molar refractivity (Wildman–Crippen MR) is 80.0 cm³/mol. The van der Waals surface area contributed by atoms with Gasteiger partial charge in [-0.05, 0) is 51.5 Å². The average molecular weight is 286 g/mol. The Hall–Kier alpha value is -0.0900. The Kier molecular flexibility index (Phi) is 4.70. The molecule has 2 aliphatic rings. The SMILES string of the molecule is CC(C)(C)OC(=O)C1=CCCC1C1SCCCS1. The van der Waals surface area contributed by atoms with E-state index in [9.17, 15) is 4.79 Å². The Morgan fingerprint density at radius 2 is 2.00 bits per heavy atom. The highest BCUT2D eigenvalue weighted by atomic mass is 32.2. The van der Waals surface area contributed by atoms with Gasteiger partial charge >= 0.3 is 5.97 Å². The summed E-state index contributed by atoms with van der Waals surface area (Å²) in [7, 11) is 0. The summed E-state index contributed by atoms with van der Waals surface area (Å²) in [5.41, 5.74) is 0.537. The summed E-state index contributed by atoms with van der Waals surface area (Å²) in [5, 5.41) is 0. The number of carbonyl (C=O) groups is 1. The summed E-state index contributed by atoms with van der Waals surface area (Å²) in [6, 6.07) is 0. The van der Waals surface area contributed by atoms with Crippen molar-refractivity contribution in [1.82, 2.24) is 0 Å². The molecule has 0 N–H and O–H groups in total. The van der Waals surface area contributed by atoms with E-state index in [0.717, 1.165) is 18.4 Å². The van der Waals surface area contributed by atoms with Gasteiger partial charge in [0.25, 0.3) is 0 Å². The lowest BCUT2D eigenvalue weighted by Gasteiger charge is -2.29. The lowest BCUT2D eigenvalue weighted by atomic mass is 10.0. The molecule has 1 fully saturated rings. The van der Waals surface area contributed by atoms with Gasteiger partial charge in [0.2, 0.25) is 0 Å². The van der Waals surface area contributed by atoms with Gasteiger partial charge < -0.3 is 4.74 Å². The molecule has 0 bridgehead atoms. The van der Waals surface area contributed by atoms with Crippen LogP contribution in [0.3, 0.4) is 0 Å². The molecule has 1 aliphatic carbocycles. The molecule has 18 heavy (non-hydrogen) atoms. The quantitative estimate of drug-likeness (QED) is 0.720. The molecule has 1 aliphatic heterocycles. The molecule has 0 aromatic heterocycles. The van der Waals surface area contributed by atoms with Crippen LogP contribution in [0.4, 0.5) is 0 Å². The Morgan fingerprint density at radius 3 is 2.61 bits per heavy atom. The minimum Gasteiger partial charge on any atom is -0.457 e. The van der Waals surface area contributed by atoms with Crippen LogP contribution in [0.1, 0.15) is 40.0 Å². The molecule has 2 nitrogen and oxygen atoms in total. The van der Waals surface area contributed by atoms with Gasteiger partial charge in [-0.3, -0.25) is 0 Å². The zero-order valence-electron chi connectivity index (χ0n) is 11.4. The van der Waals surface area contributed by atoms with Gasteiger partial charge in [0.1, 0.15) is 5.60 Å². The monoisotopic (exact) mass is 286 g/mol. The number of ether oxygens (including phenoxy) is 1. The maximum atomic E-state index is 12.2. The van der Waals surface area contributed by atoms with Crippen LogP contribution >= 0.6 is 23.5 Å². The molecule has 0 aromatic carbocycles. The third kappa shape index (κ3) is 3.70. The second-order valence-corrected chi connectivity index (χ2v) is 8.61. The summed E-state index contributed by atoms with van der Waals surface area (Å²) >= 11 is 4.03. The smallest absolute Gasteiger partial charge is 0.334 e. The van der Waals surface area contributed by atoms with E-state index in [2.05, 4.69) is 6.08 Å². The fourth-order valence-corrected chi connectivity index (χ4v) is 5.58. The number of carbonyl (C=O) groups excluding carboxylic acids is 1. The van der Waals surface area contributed by atoms with E-state index in [1.165, 1.54) is 17.9 Å². The van der Waals surface area contributed by atoms with Crippen molar-refractivity contribution in [2.24, 2.45) is 5.92 Å². The zero-order valence-corrected chi connectivity index (χ0v) is 13.0. The van der Waals surface area contributed by atoms with Crippen molar-refractivity contribution >= 4 is 29.5 Å². The molecule has 4 heteroatoms. The Labute approximate surface area is 118 Å². The normalized spacial score (nSPS) is 25.9. The first kappa shape index (κ1) is 14.3. The molecule has 0 spiro atoms. The maximum Gasteiger partial charge on any atom is 0.334 e. The average Bonchev–Trinajstić information content (AvgIpc) is 2.76. The first-order chi connectivity index (χ1) is 8.47. The third-order valence-electron chi connectivity index (χ3n) is 3.06. The van der Waals surface area contributed by atoms with Gasteiger partial charge in [0.15, 0.2) is 0 Å². The van der Waals surface area contributed by atoms with Crippen molar-refractivity contribution in [2.75, 3.05) is 11.5 Å². The van der Waals surface area contributed by atoms with Crippen molar-refractivity contribution in [1.29, 1.82) is 0 Å². The summed E-state index contributed by atoms with van der Waals surface area (Å²) < 4.78 is 6.07. The molecule has 102 valence electrons. The highest BCUT2D eigenvalue weighted by Crippen LogP contribution is 2.43. The highest BCUT2D eigenvalue weighted by molar-refractivity contribution is 8.17. The first-order valence-corrected chi connectivity index (χ1v) is 8.74.